The number of hydrogen-bond acceptors (Lipinski definition) is 2. The summed E-state index contributed by atoms with van der Waals surface area (Å²) in [7, 11) is 0. The molecule has 2 aromatic carbocycles. The molecule has 102 valence electrons. The van der Waals surface area contributed by atoms with Gasteiger partial charge in [0.25, 0.3) is 5.91 Å². The summed E-state index contributed by atoms with van der Waals surface area (Å²) in [6, 6.07) is 8.03. The minimum atomic E-state index is -1.17. The van der Waals surface area contributed by atoms with Crippen LogP contribution in [0.5, 0.6) is 0 Å². The summed E-state index contributed by atoms with van der Waals surface area (Å²) in [6.45, 7) is 0. The highest BCUT2D eigenvalue weighted by molar-refractivity contribution is 6.05. The number of aromatic carboxylic acids is 1. The molecule has 2 N–H and O–H groups in total. The van der Waals surface area contributed by atoms with Gasteiger partial charge in [-0.05, 0) is 30.3 Å². The number of carbonyl (C=O) groups excluding carboxylic acids is 1. The molecule has 0 aliphatic carbocycles. The maximum Gasteiger partial charge on any atom is 0.335 e. The fraction of sp³-hybridized carbons (Fsp3) is 0. The van der Waals surface area contributed by atoms with Crippen LogP contribution in [0.4, 0.5) is 14.5 Å². The molecule has 0 aliphatic rings. The Morgan fingerprint density at radius 3 is 2.35 bits per heavy atom. The van der Waals surface area contributed by atoms with Crippen molar-refractivity contribution < 1.29 is 23.5 Å². The van der Waals surface area contributed by atoms with E-state index >= 15 is 0 Å². The van der Waals surface area contributed by atoms with Crippen LogP contribution in [0, 0.1) is 11.6 Å². The maximum absolute atomic E-state index is 13.4. The molecule has 0 saturated heterocycles. The van der Waals surface area contributed by atoms with Gasteiger partial charge >= 0.3 is 5.97 Å². The molecule has 0 bridgehead atoms. The Morgan fingerprint density at radius 1 is 1.00 bits per heavy atom. The molecule has 0 atom stereocenters. The summed E-state index contributed by atoms with van der Waals surface area (Å²) < 4.78 is 26.1. The number of nitrogens with one attached hydrogen (secondary N) is 1. The van der Waals surface area contributed by atoms with E-state index in [0.29, 0.717) is 6.07 Å². The molecule has 0 spiro atoms. The summed E-state index contributed by atoms with van der Waals surface area (Å²) in [5, 5.41) is 11.1. The van der Waals surface area contributed by atoms with Crippen LogP contribution in [0.2, 0.25) is 0 Å². The number of hydrogen-bond donors (Lipinski definition) is 2. The zero-order chi connectivity index (χ0) is 14.7. The summed E-state index contributed by atoms with van der Waals surface area (Å²) in [5.74, 6) is -3.52. The third kappa shape index (κ3) is 2.97. The summed E-state index contributed by atoms with van der Waals surface area (Å²) >= 11 is 0. The van der Waals surface area contributed by atoms with Gasteiger partial charge in [-0.15, -0.1) is 0 Å². The molecule has 4 nitrogen and oxygen atoms in total. The van der Waals surface area contributed by atoms with Crippen molar-refractivity contribution in [1.29, 1.82) is 0 Å². The molecule has 2 aromatic rings. The smallest absolute Gasteiger partial charge is 0.335 e. The van der Waals surface area contributed by atoms with Crippen molar-refractivity contribution in [2.75, 3.05) is 5.32 Å². The fourth-order valence-corrected chi connectivity index (χ4v) is 1.58. The molecule has 20 heavy (non-hydrogen) atoms. The van der Waals surface area contributed by atoms with Gasteiger partial charge in [-0.25, -0.2) is 13.6 Å². The Labute approximate surface area is 112 Å². The van der Waals surface area contributed by atoms with Gasteiger partial charge in [-0.3, -0.25) is 4.79 Å². The second-order valence-corrected chi connectivity index (χ2v) is 3.96. The van der Waals surface area contributed by atoms with Gasteiger partial charge in [0.15, 0.2) is 0 Å². The molecule has 0 aliphatic heterocycles. The van der Waals surface area contributed by atoms with Crippen molar-refractivity contribution in [1.82, 2.24) is 0 Å². The zero-order valence-electron chi connectivity index (χ0n) is 10.1. The quantitative estimate of drug-likeness (QED) is 0.906. The van der Waals surface area contributed by atoms with E-state index in [4.69, 9.17) is 5.11 Å². The number of amides is 1. The van der Waals surface area contributed by atoms with Gasteiger partial charge < -0.3 is 10.4 Å². The zero-order valence-corrected chi connectivity index (χ0v) is 10.1. The summed E-state index contributed by atoms with van der Waals surface area (Å²) in [5.41, 5.74) is -0.178. The number of rotatable bonds is 3. The lowest BCUT2D eigenvalue weighted by Crippen LogP contribution is -2.14. The third-order valence-corrected chi connectivity index (χ3v) is 2.55. The van der Waals surface area contributed by atoms with Crippen LogP contribution in [0.15, 0.2) is 42.5 Å². The molecule has 6 heteroatoms. The number of carbonyl (C=O) groups is 2. The number of anilines is 1. The van der Waals surface area contributed by atoms with Crippen molar-refractivity contribution in [2.24, 2.45) is 0 Å². The molecule has 0 fully saturated rings. The monoisotopic (exact) mass is 277 g/mol. The van der Waals surface area contributed by atoms with Gasteiger partial charge in [0, 0.05) is 11.6 Å². The lowest BCUT2D eigenvalue weighted by atomic mass is 10.1. The predicted octanol–water partition coefficient (Wildman–Crippen LogP) is 2.92. The van der Waals surface area contributed by atoms with Crippen LogP contribution in [-0.2, 0) is 0 Å². The van der Waals surface area contributed by atoms with Crippen LogP contribution in [0.3, 0.4) is 0 Å². The topological polar surface area (TPSA) is 66.4 Å². The van der Waals surface area contributed by atoms with E-state index in [1.54, 1.807) is 0 Å². The summed E-state index contributed by atoms with van der Waals surface area (Å²) in [4.78, 5) is 22.7. The normalized spacial score (nSPS) is 10.1. The van der Waals surface area contributed by atoms with Crippen molar-refractivity contribution in [2.45, 2.75) is 0 Å². The van der Waals surface area contributed by atoms with E-state index in [0.717, 1.165) is 12.1 Å². The minimum absolute atomic E-state index is 0.0581. The standard InChI is InChI=1S/C14H9F2NO3/c15-10-4-5-12(11(16)7-10)17-13(18)8-2-1-3-9(6-8)14(19)20/h1-7H,(H,17,18)(H,19,20). The van der Waals surface area contributed by atoms with Crippen molar-refractivity contribution >= 4 is 17.6 Å². The number of benzene rings is 2. The van der Waals surface area contributed by atoms with Gasteiger partial charge in [-0.1, -0.05) is 6.07 Å². The first-order chi connectivity index (χ1) is 9.47. The minimum Gasteiger partial charge on any atom is -0.478 e. The van der Waals surface area contributed by atoms with E-state index in [-0.39, 0.29) is 16.8 Å². The predicted molar refractivity (Wildman–Crippen MR) is 67.7 cm³/mol. The Morgan fingerprint density at radius 2 is 1.70 bits per heavy atom. The maximum atomic E-state index is 13.4. The largest absolute Gasteiger partial charge is 0.478 e. The molecule has 2 rings (SSSR count). The number of carboxylic acids is 1. The molecule has 0 radical (unpaired) electrons. The molecular formula is C14H9F2NO3. The van der Waals surface area contributed by atoms with Crippen molar-refractivity contribution in [3.63, 3.8) is 0 Å². The summed E-state index contributed by atoms with van der Waals surface area (Å²) in [6.07, 6.45) is 0. The highest BCUT2D eigenvalue weighted by Gasteiger charge is 2.12. The Kier molecular flexibility index (Phi) is 3.74. The van der Waals surface area contributed by atoms with Crippen molar-refractivity contribution in [3.8, 4) is 0 Å². The first-order valence-electron chi connectivity index (χ1n) is 5.57. The number of carboxylic acid groups (broad SMARTS) is 1. The van der Waals surface area contributed by atoms with E-state index < -0.39 is 23.5 Å². The second-order valence-electron chi connectivity index (χ2n) is 3.96. The molecule has 0 unspecified atom stereocenters. The number of halogens is 2. The van der Waals surface area contributed by atoms with Crippen LogP contribution < -0.4 is 5.32 Å². The van der Waals surface area contributed by atoms with Gasteiger partial charge in [0.2, 0.25) is 0 Å². The Hall–Kier alpha value is -2.76. The molecule has 0 aromatic heterocycles. The first-order valence-corrected chi connectivity index (χ1v) is 5.57. The van der Waals surface area contributed by atoms with Crippen LogP contribution in [-0.4, -0.2) is 17.0 Å². The third-order valence-electron chi connectivity index (χ3n) is 2.55. The average Bonchev–Trinajstić information content (AvgIpc) is 2.42. The molecule has 0 saturated carbocycles. The Bertz CT molecular complexity index is 686. The fourth-order valence-electron chi connectivity index (χ4n) is 1.58. The van der Waals surface area contributed by atoms with Crippen molar-refractivity contribution in [3.05, 3.63) is 65.2 Å². The Balaban J connectivity index is 2.24. The van der Waals surface area contributed by atoms with E-state index in [1.807, 2.05) is 0 Å². The van der Waals surface area contributed by atoms with E-state index in [2.05, 4.69) is 5.32 Å². The van der Waals surface area contributed by atoms with Gasteiger partial charge in [-0.2, -0.15) is 0 Å². The van der Waals surface area contributed by atoms with Gasteiger partial charge in [0.1, 0.15) is 11.6 Å². The van der Waals surface area contributed by atoms with Crippen LogP contribution in [0.1, 0.15) is 20.7 Å². The highest BCUT2D eigenvalue weighted by Crippen LogP contribution is 2.16. The second kappa shape index (κ2) is 5.48. The molecule has 0 heterocycles. The lowest BCUT2D eigenvalue weighted by molar-refractivity contribution is 0.0697. The van der Waals surface area contributed by atoms with E-state index in [1.165, 1.54) is 24.3 Å². The van der Waals surface area contributed by atoms with Crippen LogP contribution >= 0.6 is 0 Å². The van der Waals surface area contributed by atoms with E-state index in [9.17, 15) is 18.4 Å². The highest BCUT2D eigenvalue weighted by atomic mass is 19.1. The first kappa shape index (κ1) is 13.7. The van der Waals surface area contributed by atoms with Crippen LogP contribution in [0.25, 0.3) is 0 Å². The SMILES string of the molecule is O=C(O)c1cccc(C(=O)Nc2ccc(F)cc2F)c1. The average molecular weight is 277 g/mol. The molecule has 1 amide bonds. The lowest BCUT2D eigenvalue weighted by Gasteiger charge is -2.07. The van der Waals surface area contributed by atoms with Gasteiger partial charge in [0.05, 0.1) is 11.3 Å². The molecular weight excluding hydrogens is 268 g/mol.